The van der Waals surface area contributed by atoms with E-state index < -0.39 is 10.0 Å². The van der Waals surface area contributed by atoms with Crippen molar-refractivity contribution in [1.82, 2.24) is 4.31 Å². The van der Waals surface area contributed by atoms with Crippen LogP contribution in [0.1, 0.15) is 43.0 Å². The number of anilines is 2. The minimum Gasteiger partial charge on any atom is -0.324 e. The van der Waals surface area contributed by atoms with Crippen LogP contribution in [0.2, 0.25) is 0 Å². The highest BCUT2D eigenvalue weighted by Gasteiger charge is 2.33. The van der Waals surface area contributed by atoms with Gasteiger partial charge in [0.25, 0.3) is 0 Å². The molecule has 9 heteroatoms. The molecule has 0 unspecified atom stereocenters. The first-order valence-electron chi connectivity index (χ1n) is 11.1. The maximum Gasteiger partial charge on any atom is 0.243 e. The number of hydrogen-bond acceptors (Lipinski definition) is 5. The highest BCUT2D eigenvalue weighted by molar-refractivity contribution is 7.89. The van der Waals surface area contributed by atoms with E-state index in [0.29, 0.717) is 42.7 Å². The molecule has 174 valence electrons. The highest BCUT2D eigenvalue weighted by atomic mass is 32.2. The van der Waals surface area contributed by atoms with E-state index in [1.807, 2.05) is 18.2 Å². The summed E-state index contributed by atoms with van der Waals surface area (Å²) in [6.07, 6.45) is 2.11. The number of para-hydroxylation sites is 2. The summed E-state index contributed by atoms with van der Waals surface area (Å²) in [5, 5.41) is 2.95. The van der Waals surface area contributed by atoms with Crippen molar-refractivity contribution in [2.75, 3.05) is 29.9 Å². The number of nitrogens with one attached hydrogen (secondary N) is 1. The third-order valence-electron chi connectivity index (χ3n) is 6.25. The van der Waals surface area contributed by atoms with Crippen LogP contribution in [-0.2, 0) is 19.6 Å². The first-order valence-corrected chi connectivity index (χ1v) is 12.5. The van der Waals surface area contributed by atoms with E-state index in [9.17, 15) is 22.8 Å². The largest absolute Gasteiger partial charge is 0.324 e. The molecule has 0 bridgehead atoms. The van der Waals surface area contributed by atoms with E-state index in [1.54, 1.807) is 11.0 Å². The Kier molecular flexibility index (Phi) is 6.62. The lowest BCUT2D eigenvalue weighted by molar-refractivity contribution is -0.121. The van der Waals surface area contributed by atoms with Gasteiger partial charge in [-0.2, -0.15) is 4.31 Å². The summed E-state index contributed by atoms with van der Waals surface area (Å²) >= 11 is 0. The van der Waals surface area contributed by atoms with E-state index in [2.05, 4.69) is 5.32 Å². The van der Waals surface area contributed by atoms with E-state index >= 15 is 0 Å². The van der Waals surface area contributed by atoms with E-state index in [4.69, 9.17) is 0 Å². The van der Waals surface area contributed by atoms with Crippen LogP contribution in [0, 0.1) is 5.92 Å². The molecule has 0 atom stereocenters. The van der Waals surface area contributed by atoms with Gasteiger partial charge >= 0.3 is 0 Å². The van der Waals surface area contributed by atoms with Crippen LogP contribution in [0.3, 0.4) is 0 Å². The Morgan fingerprint density at radius 2 is 1.64 bits per heavy atom. The molecule has 0 radical (unpaired) electrons. The lowest BCUT2D eigenvalue weighted by Crippen LogP contribution is -2.41. The van der Waals surface area contributed by atoms with Gasteiger partial charge in [0, 0.05) is 37.5 Å². The molecule has 2 aromatic rings. The number of nitrogens with zero attached hydrogens (tertiary/aromatic N) is 2. The Hall–Kier alpha value is -3.04. The van der Waals surface area contributed by atoms with Gasteiger partial charge in [0.1, 0.15) is 0 Å². The summed E-state index contributed by atoms with van der Waals surface area (Å²) in [5.74, 6) is -0.566. The Morgan fingerprint density at radius 3 is 2.24 bits per heavy atom. The van der Waals surface area contributed by atoms with Crippen LogP contribution < -0.4 is 10.2 Å². The quantitative estimate of drug-likeness (QED) is 0.655. The molecule has 2 amide bonds. The van der Waals surface area contributed by atoms with Crippen molar-refractivity contribution in [3.05, 3.63) is 54.1 Å². The lowest BCUT2D eigenvalue weighted by atomic mass is 9.97. The molecule has 1 N–H and O–H groups in total. The first kappa shape index (κ1) is 23.1. The third-order valence-corrected chi connectivity index (χ3v) is 8.16. The Balaban J connectivity index is 1.40. The molecule has 2 aromatic carbocycles. The normalized spacial score (nSPS) is 17.8. The van der Waals surface area contributed by atoms with Crippen LogP contribution >= 0.6 is 0 Å². The number of sulfonamides is 1. The van der Waals surface area contributed by atoms with Crippen LogP contribution in [0.15, 0.2) is 53.4 Å². The van der Waals surface area contributed by atoms with Crippen LogP contribution in [0.25, 0.3) is 0 Å². The molecule has 33 heavy (non-hydrogen) atoms. The van der Waals surface area contributed by atoms with E-state index in [1.165, 1.54) is 35.5 Å². The van der Waals surface area contributed by atoms with Gasteiger partial charge in [-0.1, -0.05) is 24.3 Å². The predicted octanol–water partition coefficient (Wildman–Crippen LogP) is 3.06. The fourth-order valence-electron chi connectivity index (χ4n) is 4.32. The molecule has 0 aromatic heterocycles. The number of carbonyl (C=O) groups excluding carboxylic acids is 3. The predicted molar refractivity (Wildman–Crippen MR) is 125 cm³/mol. The van der Waals surface area contributed by atoms with Crippen LogP contribution in [0.5, 0.6) is 0 Å². The first-order chi connectivity index (χ1) is 15.8. The summed E-state index contributed by atoms with van der Waals surface area (Å²) in [7, 11) is -3.69. The van der Waals surface area contributed by atoms with Crippen molar-refractivity contribution >= 4 is 39.0 Å². The van der Waals surface area contributed by atoms with Crippen molar-refractivity contribution in [2.45, 2.75) is 37.5 Å². The number of Topliss-reactive ketones (excluding diaryl/α,β-unsaturated/α-hetero) is 1. The monoisotopic (exact) mass is 469 g/mol. The topological polar surface area (TPSA) is 104 Å². The van der Waals surface area contributed by atoms with Crippen molar-refractivity contribution in [3.63, 3.8) is 0 Å². The van der Waals surface area contributed by atoms with Gasteiger partial charge in [-0.05, 0) is 50.5 Å². The number of benzene rings is 2. The van der Waals surface area contributed by atoms with Gasteiger partial charge in [0.15, 0.2) is 5.78 Å². The van der Waals surface area contributed by atoms with Gasteiger partial charge in [-0.25, -0.2) is 8.42 Å². The van der Waals surface area contributed by atoms with Crippen molar-refractivity contribution in [3.8, 4) is 0 Å². The molecule has 8 nitrogen and oxygen atoms in total. The minimum atomic E-state index is -3.69. The number of piperidine rings is 1. The second-order valence-corrected chi connectivity index (χ2v) is 10.4. The molecule has 0 spiro atoms. The van der Waals surface area contributed by atoms with Crippen molar-refractivity contribution in [2.24, 2.45) is 5.92 Å². The maximum absolute atomic E-state index is 13.0. The smallest absolute Gasteiger partial charge is 0.243 e. The summed E-state index contributed by atoms with van der Waals surface area (Å²) in [4.78, 5) is 38.3. The molecule has 2 saturated heterocycles. The fraction of sp³-hybridized carbons (Fsp3) is 0.375. The summed E-state index contributed by atoms with van der Waals surface area (Å²) < 4.78 is 27.3. The van der Waals surface area contributed by atoms with Crippen LogP contribution in [-0.4, -0.2) is 50.0 Å². The number of hydrogen-bond donors (Lipinski definition) is 1. The zero-order valence-corrected chi connectivity index (χ0v) is 19.3. The molecular formula is C24H27N3O5S. The SMILES string of the molecule is CC(=O)c1ccc(S(=O)(=O)N2CCC(C(=O)Nc3ccccc3N3CCCC3=O)CC2)cc1. The number of amides is 2. The molecule has 4 rings (SSSR count). The zero-order valence-electron chi connectivity index (χ0n) is 18.5. The van der Waals surface area contributed by atoms with E-state index in [0.717, 1.165) is 6.42 Å². The molecule has 0 aliphatic carbocycles. The summed E-state index contributed by atoms with van der Waals surface area (Å²) in [6, 6.07) is 13.2. The maximum atomic E-state index is 13.0. The zero-order chi connectivity index (χ0) is 23.6. The van der Waals surface area contributed by atoms with Gasteiger partial charge in [0.05, 0.1) is 16.3 Å². The molecule has 2 aliphatic rings. The molecule has 2 fully saturated rings. The lowest BCUT2D eigenvalue weighted by Gasteiger charge is -2.31. The third kappa shape index (κ3) is 4.84. The van der Waals surface area contributed by atoms with E-state index in [-0.39, 0.29) is 41.5 Å². The molecule has 2 aliphatic heterocycles. The average Bonchev–Trinajstić information content (AvgIpc) is 3.25. The molecule has 0 saturated carbocycles. The standard InChI is InChI=1S/C24H27N3O5S/c1-17(28)18-8-10-20(11-9-18)33(31,32)26-15-12-19(13-16-26)24(30)25-21-5-2-3-6-22(21)27-14-4-7-23(27)29/h2-3,5-6,8-11,19H,4,7,12-16H2,1H3,(H,25,30). The van der Waals surface area contributed by atoms with Gasteiger partial charge < -0.3 is 10.2 Å². The van der Waals surface area contributed by atoms with Gasteiger partial charge in [-0.3, -0.25) is 14.4 Å². The Bertz CT molecular complexity index is 1170. The van der Waals surface area contributed by atoms with Gasteiger partial charge in [-0.15, -0.1) is 0 Å². The van der Waals surface area contributed by atoms with Gasteiger partial charge in [0.2, 0.25) is 21.8 Å². The Labute approximate surface area is 193 Å². The van der Waals surface area contributed by atoms with Crippen molar-refractivity contribution in [1.29, 1.82) is 0 Å². The number of ketones is 1. The second kappa shape index (κ2) is 9.44. The second-order valence-electron chi connectivity index (χ2n) is 8.41. The molecular weight excluding hydrogens is 442 g/mol. The highest BCUT2D eigenvalue weighted by Crippen LogP contribution is 2.31. The minimum absolute atomic E-state index is 0.0477. The fourth-order valence-corrected chi connectivity index (χ4v) is 5.79. The molecule has 2 heterocycles. The van der Waals surface area contributed by atoms with Crippen molar-refractivity contribution < 1.29 is 22.8 Å². The number of rotatable bonds is 6. The average molecular weight is 470 g/mol. The summed E-state index contributed by atoms with van der Waals surface area (Å²) in [5.41, 5.74) is 1.75. The van der Waals surface area contributed by atoms with Crippen LogP contribution in [0.4, 0.5) is 11.4 Å². The number of carbonyl (C=O) groups is 3. The summed E-state index contributed by atoms with van der Waals surface area (Å²) in [6.45, 7) is 2.54. The Morgan fingerprint density at radius 1 is 0.970 bits per heavy atom.